The predicted molar refractivity (Wildman–Crippen MR) is 99.9 cm³/mol. The van der Waals surface area contributed by atoms with Crippen molar-refractivity contribution in [2.45, 2.75) is 38.8 Å². The molecule has 0 aliphatic carbocycles. The first-order chi connectivity index (χ1) is 11.3. The van der Waals surface area contributed by atoms with Gasteiger partial charge in [-0.05, 0) is 37.5 Å². The maximum atomic E-state index is 12.6. The van der Waals surface area contributed by atoms with Crippen LogP contribution in [0.4, 0.5) is 0 Å². The van der Waals surface area contributed by atoms with Gasteiger partial charge in [-0.15, -0.1) is 0 Å². The summed E-state index contributed by atoms with van der Waals surface area (Å²) in [6.45, 7) is 5.85. The fourth-order valence-electron chi connectivity index (χ4n) is 2.74. The van der Waals surface area contributed by atoms with Crippen LogP contribution in [0.2, 0.25) is 5.02 Å². The third kappa shape index (κ3) is 4.83. The lowest BCUT2D eigenvalue weighted by Crippen LogP contribution is -2.48. The van der Waals surface area contributed by atoms with Crippen molar-refractivity contribution in [1.82, 2.24) is 5.32 Å². The van der Waals surface area contributed by atoms with E-state index in [1.165, 1.54) is 0 Å². The van der Waals surface area contributed by atoms with Gasteiger partial charge in [-0.3, -0.25) is 4.79 Å². The highest BCUT2D eigenvalue weighted by molar-refractivity contribution is 6.31. The van der Waals surface area contributed by atoms with E-state index >= 15 is 0 Å². The van der Waals surface area contributed by atoms with Crippen LogP contribution in [-0.4, -0.2) is 11.4 Å². The fourth-order valence-corrected chi connectivity index (χ4v) is 2.94. The summed E-state index contributed by atoms with van der Waals surface area (Å²) >= 11 is 6.23. The number of halogens is 1. The fraction of sp³-hybridized carbons (Fsp3) is 0.350. The van der Waals surface area contributed by atoms with Crippen molar-refractivity contribution in [3.63, 3.8) is 0 Å². The standard InChI is InChI=1S/C20H25ClN2O/c1-14(18(22)15-9-5-4-6-10-15)19(24)23-20(2,3)13-16-11-7-8-12-17(16)21/h4-12,14,18H,13,22H2,1-3H3,(H,23,24). The topological polar surface area (TPSA) is 55.1 Å². The highest BCUT2D eigenvalue weighted by Gasteiger charge is 2.28. The number of hydrogen-bond donors (Lipinski definition) is 2. The van der Waals surface area contributed by atoms with Crippen molar-refractivity contribution in [1.29, 1.82) is 0 Å². The molecule has 2 rings (SSSR count). The second kappa shape index (κ2) is 7.82. The van der Waals surface area contributed by atoms with Crippen LogP contribution >= 0.6 is 11.6 Å². The second-order valence-electron chi connectivity index (χ2n) is 6.87. The molecular formula is C20H25ClN2O. The molecule has 0 fully saturated rings. The Labute approximate surface area is 149 Å². The molecule has 0 spiro atoms. The zero-order valence-corrected chi connectivity index (χ0v) is 15.2. The minimum atomic E-state index is -0.410. The lowest BCUT2D eigenvalue weighted by molar-refractivity contribution is -0.126. The molecule has 2 aromatic carbocycles. The molecule has 4 heteroatoms. The first-order valence-corrected chi connectivity index (χ1v) is 8.54. The van der Waals surface area contributed by atoms with Crippen molar-refractivity contribution in [3.05, 3.63) is 70.7 Å². The quantitative estimate of drug-likeness (QED) is 0.828. The van der Waals surface area contributed by atoms with Crippen molar-refractivity contribution in [2.75, 3.05) is 0 Å². The smallest absolute Gasteiger partial charge is 0.225 e. The summed E-state index contributed by atoms with van der Waals surface area (Å²) in [5.74, 6) is -0.374. The van der Waals surface area contributed by atoms with Crippen LogP contribution in [0.1, 0.15) is 37.9 Å². The molecule has 0 bridgehead atoms. The van der Waals surface area contributed by atoms with Gasteiger partial charge in [-0.1, -0.05) is 67.1 Å². The molecule has 24 heavy (non-hydrogen) atoms. The predicted octanol–water partition coefficient (Wildman–Crippen LogP) is 4.11. The molecule has 0 aliphatic rings. The maximum absolute atomic E-state index is 12.6. The van der Waals surface area contributed by atoms with Crippen LogP contribution in [0.25, 0.3) is 0 Å². The Kier molecular flexibility index (Phi) is 6.03. The van der Waals surface area contributed by atoms with Gasteiger partial charge in [0.1, 0.15) is 0 Å². The Balaban J connectivity index is 2.03. The van der Waals surface area contributed by atoms with Crippen LogP contribution in [0, 0.1) is 5.92 Å². The number of carbonyl (C=O) groups is 1. The van der Waals surface area contributed by atoms with Crippen molar-refractivity contribution in [3.8, 4) is 0 Å². The molecule has 0 saturated carbocycles. The van der Waals surface area contributed by atoms with Gasteiger partial charge in [0.05, 0.1) is 5.92 Å². The largest absolute Gasteiger partial charge is 0.351 e. The highest BCUT2D eigenvalue weighted by Crippen LogP contribution is 2.23. The van der Waals surface area contributed by atoms with Gasteiger partial charge in [0.15, 0.2) is 0 Å². The molecule has 1 amide bonds. The first-order valence-electron chi connectivity index (χ1n) is 8.16. The van der Waals surface area contributed by atoms with Gasteiger partial charge in [0.2, 0.25) is 5.91 Å². The molecule has 0 aromatic heterocycles. The van der Waals surface area contributed by atoms with Crippen LogP contribution in [0.5, 0.6) is 0 Å². The van der Waals surface area contributed by atoms with E-state index in [0.717, 1.165) is 11.1 Å². The third-order valence-electron chi connectivity index (χ3n) is 4.19. The van der Waals surface area contributed by atoms with Crippen LogP contribution < -0.4 is 11.1 Å². The minimum absolute atomic E-state index is 0.0524. The first kappa shape index (κ1) is 18.5. The molecule has 128 valence electrons. The Bertz CT molecular complexity index is 685. The number of hydrogen-bond acceptors (Lipinski definition) is 2. The summed E-state index contributed by atoms with van der Waals surface area (Å²) in [6.07, 6.45) is 0.658. The average molecular weight is 345 g/mol. The summed E-state index contributed by atoms with van der Waals surface area (Å²) in [5, 5.41) is 3.82. The summed E-state index contributed by atoms with van der Waals surface area (Å²) in [7, 11) is 0. The third-order valence-corrected chi connectivity index (χ3v) is 4.56. The second-order valence-corrected chi connectivity index (χ2v) is 7.27. The summed E-state index contributed by atoms with van der Waals surface area (Å²) in [4.78, 5) is 12.6. The summed E-state index contributed by atoms with van der Waals surface area (Å²) in [6, 6.07) is 17.1. The van der Waals surface area contributed by atoms with Crippen LogP contribution in [-0.2, 0) is 11.2 Å². The van der Waals surface area contributed by atoms with Gasteiger partial charge in [-0.25, -0.2) is 0 Å². The molecular weight excluding hydrogens is 320 g/mol. The minimum Gasteiger partial charge on any atom is -0.351 e. The van der Waals surface area contributed by atoms with E-state index < -0.39 is 5.54 Å². The number of nitrogens with one attached hydrogen (secondary N) is 1. The van der Waals surface area contributed by atoms with Crippen molar-refractivity contribution < 1.29 is 4.79 Å². The van der Waals surface area contributed by atoms with Gasteiger partial charge in [0.25, 0.3) is 0 Å². The van der Waals surface area contributed by atoms with Gasteiger partial charge in [-0.2, -0.15) is 0 Å². The van der Waals surface area contributed by atoms with E-state index in [4.69, 9.17) is 17.3 Å². The zero-order chi connectivity index (χ0) is 17.7. The molecule has 2 aromatic rings. The monoisotopic (exact) mass is 344 g/mol. The number of amides is 1. The molecule has 0 aliphatic heterocycles. The lowest BCUT2D eigenvalue weighted by atomic mass is 9.91. The summed E-state index contributed by atoms with van der Waals surface area (Å²) in [5.41, 5.74) is 7.82. The molecule has 3 N–H and O–H groups in total. The highest BCUT2D eigenvalue weighted by atomic mass is 35.5. The Morgan fingerprint density at radius 2 is 1.71 bits per heavy atom. The number of nitrogens with two attached hydrogens (primary N) is 1. The van der Waals surface area contributed by atoms with Gasteiger partial charge >= 0.3 is 0 Å². The van der Waals surface area contributed by atoms with E-state index in [-0.39, 0.29) is 17.9 Å². The van der Waals surface area contributed by atoms with Gasteiger partial charge < -0.3 is 11.1 Å². The molecule has 0 saturated heterocycles. The van der Waals surface area contributed by atoms with Gasteiger partial charge in [0, 0.05) is 16.6 Å². The van der Waals surface area contributed by atoms with E-state index in [2.05, 4.69) is 5.32 Å². The Morgan fingerprint density at radius 3 is 2.33 bits per heavy atom. The Hall–Kier alpha value is -1.84. The molecule has 2 unspecified atom stereocenters. The van der Waals surface area contributed by atoms with E-state index in [1.807, 2.05) is 75.4 Å². The Morgan fingerprint density at radius 1 is 1.12 bits per heavy atom. The van der Waals surface area contributed by atoms with Crippen molar-refractivity contribution >= 4 is 17.5 Å². The number of rotatable bonds is 6. The van der Waals surface area contributed by atoms with Crippen molar-refractivity contribution in [2.24, 2.45) is 11.7 Å². The van der Waals surface area contributed by atoms with Crippen LogP contribution in [0.3, 0.4) is 0 Å². The average Bonchev–Trinajstić information content (AvgIpc) is 2.55. The SMILES string of the molecule is CC(C(=O)NC(C)(C)Cc1ccccc1Cl)C(N)c1ccccc1. The molecule has 0 heterocycles. The lowest BCUT2D eigenvalue weighted by Gasteiger charge is -2.30. The molecule has 3 nitrogen and oxygen atoms in total. The number of benzene rings is 2. The number of carbonyl (C=O) groups excluding carboxylic acids is 1. The van der Waals surface area contributed by atoms with E-state index in [1.54, 1.807) is 0 Å². The molecule has 2 atom stereocenters. The zero-order valence-electron chi connectivity index (χ0n) is 14.4. The summed E-state index contributed by atoms with van der Waals surface area (Å²) < 4.78 is 0. The normalized spacial score (nSPS) is 14.0. The van der Waals surface area contributed by atoms with E-state index in [9.17, 15) is 4.79 Å². The maximum Gasteiger partial charge on any atom is 0.225 e. The molecule has 0 radical (unpaired) electrons. The van der Waals surface area contributed by atoms with E-state index in [0.29, 0.717) is 11.4 Å². The van der Waals surface area contributed by atoms with Crippen LogP contribution in [0.15, 0.2) is 54.6 Å².